The maximum atomic E-state index is 4.39. The molecule has 0 atom stereocenters. The van der Waals surface area contributed by atoms with Gasteiger partial charge >= 0.3 is 0 Å². The highest BCUT2D eigenvalue weighted by Crippen LogP contribution is 2.05. The minimum atomic E-state index is 0.910. The molecule has 0 radical (unpaired) electrons. The third kappa shape index (κ3) is 3.09. The monoisotopic (exact) mass is 229 g/mol. The number of hydrogen-bond acceptors (Lipinski definition) is 3. The molecule has 3 heteroatoms. The van der Waals surface area contributed by atoms with E-state index in [0.717, 1.165) is 32.0 Å². The summed E-state index contributed by atoms with van der Waals surface area (Å²) in [4.78, 5) is 6.55. The van der Waals surface area contributed by atoms with Crippen molar-refractivity contribution < 1.29 is 0 Å². The van der Waals surface area contributed by atoms with Crippen LogP contribution in [0.1, 0.15) is 11.1 Å². The standard InChI is InChI=1S/C14H19N3/c1-3-12-4-6-13(7-5-12)8-9-15-14-16-10-11-17(14)2/h3-7H,1,8-11H2,2H3,(H,15,16). The molecule has 1 heterocycles. The Morgan fingerprint density at radius 2 is 2.18 bits per heavy atom. The average Bonchev–Trinajstić information content (AvgIpc) is 2.76. The van der Waals surface area contributed by atoms with E-state index in [4.69, 9.17) is 0 Å². The third-order valence-electron chi connectivity index (χ3n) is 2.97. The molecule has 3 nitrogen and oxygen atoms in total. The molecule has 0 spiro atoms. The van der Waals surface area contributed by atoms with Crippen LogP contribution < -0.4 is 5.32 Å². The van der Waals surface area contributed by atoms with Gasteiger partial charge in [0, 0.05) is 20.1 Å². The number of nitrogens with zero attached hydrogens (tertiary/aromatic N) is 2. The highest BCUT2D eigenvalue weighted by atomic mass is 15.3. The zero-order valence-corrected chi connectivity index (χ0v) is 10.3. The smallest absolute Gasteiger partial charge is 0.193 e. The van der Waals surface area contributed by atoms with Crippen LogP contribution in [0.3, 0.4) is 0 Å². The second-order valence-corrected chi connectivity index (χ2v) is 4.25. The van der Waals surface area contributed by atoms with E-state index >= 15 is 0 Å². The molecule has 1 aliphatic rings. The van der Waals surface area contributed by atoms with Crippen LogP contribution >= 0.6 is 0 Å². The van der Waals surface area contributed by atoms with Gasteiger partial charge in [0.05, 0.1) is 6.54 Å². The van der Waals surface area contributed by atoms with Crippen LogP contribution in [0.2, 0.25) is 0 Å². The van der Waals surface area contributed by atoms with Crippen molar-refractivity contribution in [1.82, 2.24) is 10.2 Å². The van der Waals surface area contributed by atoms with Gasteiger partial charge in [-0.25, -0.2) is 0 Å². The molecule has 0 bridgehead atoms. The molecule has 0 unspecified atom stereocenters. The topological polar surface area (TPSA) is 27.6 Å². The number of nitrogens with one attached hydrogen (secondary N) is 1. The van der Waals surface area contributed by atoms with Gasteiger partial charge in [-0.15, -0.1) is 0 Å². The number of benzene rings is 1. The largest absolute Gasteiger partial charge is 0.356 e. The second-order valence-electron chi connectivity index (χ2n) is 4.25. The Morgan fingerprint density at radius 1 is 1.41 bits per heavy atom. The summed E-state index contributed by atoms with van der Waals surface area (Å²) >= 11 is 0. The summed E-state index contributed by atoms with van der Waals surface area (Å²) in [5, 5.41) is 3.36. The van der Waals surface area contributed by atoms with Crippen LogP contribution in [-0.2, 0) is 6.42 Å². The van der Waals surface area contributed by atoms with E-state index in [1.165, 1.54) is 11.1 Å². The maximum Gasteiger partial charge on any atom is 0.193 e. The molecule has 0 saturated carbocycles. The first kappa shape index (κ1) is 11.7. The lowest BCUT2D eigenvalue weighted by Crippen LogP contribution is -2.36. The van der Waals surface area contributed by atoms with Crippen molar-refractivity contribution in [3.05, 3.63) is 42.0 Å². The third-order valence-corrected chi connectivity index (χ3v) is 2.97. The van der Waals surface area contributed by atoms with Gasteiger partial charge in [0.2, 0.25) is 0 Å². The molecule has 0 saturated heterocycles. The highest BCUT2D eigenvalue weighted by Gasteiger charge is 2.10. The lowest BCUT2D eigenvalue weighted by Gasteiger charge is -2.15. The van der Waals surface area contributed by atoms with Gasteiger partial charge in [0.25, 0.3) is 0 Å². The van der Waals surface area contributed by atoms with Crippen LogP contribution in [0.5, 0.6) is 0 Å². The van der Waals surface area contributed by atoms with E-state index < -0.39 is 0 Å². The number of hydrogen-bond donors (Lipinski definition) is 1. The maximum absolute atomic E-state index is 4.39. The van der Waals surface area contributed by atoms with E-state index in [9.17, 15) is 0 Å². The SMILES string of the molecule is C=Cc1ccc(CCNC2=NCCN2C)cc1. The van der Waals surface area contributed by atoms with Crippen LogP contribution in [0.15, 0.2) is 35.8 Å². The molecular formula is C14H19N3. The Kier molecular flexibility index (Phi) is 3.81. The van der Waals surface area contributed by atoms with E-state index in [1.807, 2.05) is 6.08 Å². The van der Waals surface area contributed by atoms with Crippen molar-refractivity contribution in [2.24, 2.45) is 4.99 Å². The van der Waals surface area contributed by atoms with Crippen LogP contribution in [-0.4, -0.2) is 37.5 Å². The predicted octanol–water partition coefficient (Wildman–Crippen LogP) is 1.76. The Labute approximate surface area is 103 Å². The van der Waals surface area contributed by atoms with Gasteiger partial charge in [-0.2, -0.15) is 0 Å². The van der Waals surface area contributed by atoms with Gasteiger partial charge in [0.15, 0.2) is 5.96 Å². The molecule has 1 aromatic carbocycles. The van der Waals surface area contributed by atoms with Gasteiger partial charge in [-0.3, -0.25) is 4.99 Å². The zero-order valence-electron chi connectivity index (χ0n) is 10.3. The first-order chi connectivity index (χ1) is 8.29. The number of aliphatic imine (C=N–C) groups is 1. The molecule has 90 valence electrons. The lowest BCUT2D eigenvalue weighted by molar-refractivity contribution is 0.534. The predicted molar refractivity (Wildman–Crippen MR) is 73.2 cm³/mol. The van der Waals surface area contributed by atoms with Crippen LogP contribution in [0, 0.1) is 0 Å². The van der Waals surface area contributed by atoms with E-state index in [0.29, 0.717) is 0 Å². The van der Waals surface area contributed by atoms with E-state index in [2.05, 4.69) is 53.1 Å². The van der Waals surface area contributed by atoms with E-state index in [-0.39, 0.29) is 0 Å². The number of guanidine groups is 1. The number of likely N-dealkylation sites (N-methyl/N-ethyl adjacent to an activating group) is 1. The fourth-order valence-corrected chi connectivity index (χ4v) is 1.86. The Bertz CT molecular complexity index is 406. The first-order valence-corrected chi connectivity index (χ1v) is 6.00. The lowest BCUT2D eigenvalue weighted by atomic mass is 10.1. The summed E-state index contributed by atoms with van der Waals surface area (Å²) in [6.07, 6.45) is 2.88. The quantitative estimate of drug-likeness (QED) is 0.852. The molecule has 0 aliphatic carbocycles. The molecule has 2 rings (SSSR count). The molecule has 0 fully saturated rings. The van der Waals surface area contributed by atoms with Gasteiger partial charge in [0.1, 0.15) is 0 Å². The molecular weight excluding hydrogens is 210 g/mol. The van der Waals surface area contributed by atoms with Crippen LogP contribution in [0.25, 0.3) is 6.08 Å². The molecule has 0 aromatic heterocycles. The van der Waals surface area contributed by atoms with E-state index in [1.54, 1.807) is 0 Å². The number of rotatable bonds is 4. The minimum Gasteiger partial charge on any atom is -0.356 e. The fraction of sp³-hybridized carbons (Fsp3) is 0.357. The van der Waals surface area contributed by atoms with Gasteiger partial charge < -0.3 is 10.2 Å². The first-order valence-electron chi connectivity index (χ1n) is 6.00. The molecule has 0 amide bonds. The van der Waals surface area contributed by atoms with Crippen LogP contribution in [0.4, 0.5) is 0 Å². The van der Waals surface area contributed by atoms with Crippen molar-refractivity contribution in [2.75, 3.05) is 26.7 Å². The van der Waals surface area contributed by atoms with Crippen molar-refractivity contribution in [2.45, 2.75) is 6.42 Å². The summed E-state index contributed by atoms with van der Waals surface area (Å²) in [6.45, 7) is 6.61. The summed E-state index contributed by atoms with van der Waals surface area (Å²) in [6, 6.07) is 8.50. The summed E-state index contributed by atoms with van der Waals surface area (Å²) in [5.41, 5.74) is 2.51. The fourth-order valence-electron chi connectivity index (χ4n) is 1.86. The Morgan fingerprint density at radius 3 is 2.76 bits per heavy atom. The molecule has 1 N–H and O–H groups in total. The van der Waals surface area contributed by atoms with Crippen molar-refractivity contribution in [1.29, 1.82) is 0 Å². The van der Waals surface area contributed by atoms with Crippen molar-refractivity contribution in [3.63, 3.8) is 0 Å². The zero-order chi connectivity index (χ0) is 12.1. The summed E-state index contributed by atoms with van der Waals surface area (Å²) < 4.78 is 0. The van der Waals surface area contributed by atoms with Crippen molar-refractivity contribution >= 4 is 12.0 Å². The molecule has 17 heavy (non-hydrogen) atoms. The minimum absolute atomic E-state index is 0.910. The highest BCUT2D eigenvalue weighted by molar-refractivity contribution is 5.81. The summed E-state index contributed by atoms with van der Waals surface area (Å²) in [5.74, 6) is 1.02. The summed E-state index contributed by atoms with van der Waals surface area (Å²) in [7, 11) is 2.07. The normalized spacial score (nSPS) is 14.6. The molecule has 1 aromatic rings. The Hall–Kier alpha value is -1.77. The average molecular weight is 229 g/mol. The van der Waals surface area contributed by atoms with Crippen molar-refractivity contribution in [3.8, 4) is 0 Å². The van der Waals surface area contributed by atoms with Gasteiger partial charge in [-0.1, -0.05) is 36.9 Å². The second kappa shape index (κ2) is 5.53. The Balaban J connectivity index is 1.79. The van der Waals surface area contributed by atoms with Gasteiger partial charge in [-0.05, 0) is 17.5 Å². The molecule has 1 aliphatic heterocycles.